The number of ether oxygens (including phenoxy) is 1. The molecule has 0 radical (unpaired) electrons. The van der Waals surface area contributed by atoms with Gasteiger partial charge >= 0.3 is 6.09 Å². The van der Waals surface area contributed by atoms with Gasteiger partial charge in [0.2, 0.25) is 0 Å². The first-order valence-corrected chi connectivity index (χ1v) is 11.7. The monoisotopic (exact) mass is 440 g/mol. The molecule has 3 fully saturated rings. The Morgan fingerprint density at radius 3 is 2.75 bits per heavy atom. The average molecular weight is 441 g/mol. The van der Waals surface area contributed by atoms with Crippen LogP contribution in [0.15, 0.2) is 23.5 Å². The van der Waals surface area contributed by atoms with Crippen LogP contribution in [0, 0.1) is 12.3 Å². The van der Waals surface area contributed by atoms with Crippen LogP contribution in [0.4, 0.5) is 10.6 Å². The van der Waals surface area contributed by atoms with Crippen molar-refractivity contribution in [1.29, 1.82) is 0 Å². The van der Waals surface area contributed by atoms with Crippen molar-refractivity contribution in [3.05, 3.63) is 29.6 Å². The highest BCUT2D eigenvalue weighted by Gasteiger charge is 2.51. The molecule has 3 heterocycles. The molecule has 2 aliphatic heterocycles. The number of carbonyl (C=O) groups excluding carboxylic acids is 1. The molecule has 4 rings (SSSR count). The average Bonchev–Trinajstić information content (AvgIpc) is 3.23. The van der Waals surface area contributed by atoms with E-state index in [0.29, 0.717) is 18.1 Å². The van der Waals surface area contributed by atoms with Gasteiger partial charge in [0.05, 0.1) is 6.61 Å². The molecule has 0 aromatic carbocycles. The van der Waals surface area contributed by atoms with Gasteiger partial charge in [-0.25, -0.2) is 9.78 Å². The fraction of sp³-hybridized carbons (Fsp3) is 0.625. The summed E-state index contributed by atoms with van der Waals surface area (Å²) in [5.41, 5.74) is 9.35. The first-order valence-electron chi connectivity index (χ1n) is 11.7. The van der Waals surface area contributed by atoms with E-state index in [2.05, 4.69) is 21.7 Å². The molecular weight excluding hydrogens is 404 g/mol. The molecule has 1 amide bonds. The van der Waals surface area contributed by atoms with Gasteiger partial charge in [-0.2, -0.15) is 0 Å². The summed E-state index contributed by atoms with van der Waals surface area (Å²) in [6, 6.07) is 2.64. The number of aryl methyl sites for hydroxylation is 1. The van der Waals surface area contributed by atoms with Crippen LogP contribution in [0.5, 0.6) is 0 Å². The zero-order valence-electron chi connectivity index (χ0n) is 19.6. The molecule has 1 aromatic heterocycles. The van der Waals surface area contributed by atoms with Gasteiger partial charge in [0.1, 0.15) is 5.82 Å². The highest BCUT2D eigenvalue weighted by Crippen LogP contribution is 2.47. The van der Waals surface area contributed by atoms with Gasteiger partial charge < -0.3 is 20.3 Å². The lowest BCUT2D eigenvalue weighted by molar-refractivity contribution is -0.00294. The van der Waals surface area contributed by atoms with E-state index in [1.165, 1.54) is 19.3 Å². The maximum absolute atomic E-state index is 11.9. The van der Waals surface area contributed by atoms with Gasteiger partial charge in [-0.1, -0.05) is 0 Å². The lowest BCUT2D eigenvalue weighted by Crippen LogP contribution is -2.58. The van der Waals surface area contributed by atoms with Gasteiger partial charge in [-0.05, 0) is 44.7 Å². The van der Waals surface area contributed by atoms with Crippen LogP contribution in [0.1, 0.15) is 37.3 Å². The van der Waals surface area contributed by atoms with Crippen molar-refractivity contribution in [3.8, 4) is 0 Å². The third kappa shape index (κ3) is 4.33. The molecule has 1 aromatic rings. The number of anilines is 1. The van der Waals surface area contributed by atoms with Crippen molar-refractivity contribution < 1.29 is 9.53 Å². The van der Waals surface area contributed by atoms with Crippen molar-refractivity contribution in [1.82, 2.24) is 14.8 Å². The number of piperazine rings is 1. The summed E-state index contributed by atoms with van der Waals surface area (Å²) in [4.78, 5) is 27.7. The zero-order chi connectivity index (χ0) is 22.7. The fourth-order valence-corrected chi connectivity index (χ4v) is 5.65. The Labute approximate surface area is 191 Å². The molecule has 174 valence electrons. The van der Waals surface area contributed by atoms with E-state index >= 15 is 0 Å². The number of likely N-dealkylation sites (tertiary alicyclic amines) is 1. The van der Waals surface area contributed by atoms with E-state index in [9.17, 15) is 4.79 Å². The third-order valence-electron chi connectivity index (χ3n) is 7.26. The Bertz CT molecular complexity index is 884. The van der Waals surface area contributed by atoms with E-state index in [0.717, 1.165) is 61.8 Å². The van der Waals surface area contributed by atoms with Gasteiger partial charge in [0.25, 0.3) is 0 Å². The Kier molecular flexibility index (Phi) is 6.69. The number of nitrogens with zero attached hydrogens (tertiary/aromatic N) is 5. The molecule has 0 bridgehead atoms. The maximum Gasteiger partial charge on any atom is 0.409 e. The van der Waals surface area contributed by atoms with Crippen molar-refractivity contribution >= 4 is 23.7 Å². The van der Waals surface area contributed by atoms with Crippen LogP contribution in [0.25, 0.3) is 5.57 Å². The number of rotatable bonds is 5. The van der Waals surface area contributed by atoms with Crippen molar-refractivity contribution in [2.45, 2.75) is 39.2 Å². The summed E-state index contributed by atoms with van der Waals surface area (Å²) in [7, 11) is 1.76. The van der Waals surface area contributed by atoms with E-state index in [1.54, 1.807) is 19.5 Å². The number of aliphatic imine (C=N–C) groups is 1. The molecule has 8 nitrogen and oxygen atoms in total. The predicted molar refractivity (Wildman–Crippen MR) is 128 cm³/mol. The molecule has 2 saturated heterocycles. The second-order valence-electron chi connectivity index (χ2n) is 9.31. The summed E-state index contributed by atoms with van der Waals surface area (Å²) in [6.07, 6.45) is 8.76. The smallest absolute Gasteiger partial charge is 0.409 e. The van der Waals surface area contributed by atoms with Gasteiger partial charge in [0.15, 0.2) is 0 Å². The second kappa shape index (κ2) is 9.48. The number of carbonyl (C=O) groups is 1. The first kappa shape index (κ1) is 22.6. The van der Waals surface area contributed by atoms with E-state index < -0.39 is 0 Å². The molecule has 32 heavy (non-hydrogen) atoms. The molecule has 0 unspecified atom stereocenters. The van der Waals surface area contributed by atoms with Crippen molar-refractivity contribution in [3.63, 3.8) is 0 Å². The van der Waals surface area contributed by atoms with Gasteiger partial charge in [0, 0.05) is 87.5 Å². The number of pyridine rings is 1. The maximum atomic E-state index is 11.9. The van der Waals surface area contributed by atoms with Crippen LogP contribution in [-0.4, -0.2) is 86.1 Å². The molecule has 8 heteroatoms. The summed E-state index contributed by atoms with van der Waals surface area (Å²) in [5.74, 6) is 0.994. The molecule has 1 aliphatic carbocycles. The third-order valence-corrected chi connectivity index (χ3v) is 7.26. The minimum atomic E-state index is -0.157. The zero-order valence-corrected chi connectivity index (χ0v) is 19.6. The van der Waals surface area contributed by atoms with Crippen LogP contribution in [0.3, 0.4) is 0 Å². The highest BCUT2D eigenvalue weighted by atomic mass is 16.6. The fourth-order valence-electron chi connectivity index (χ4n) is 5.65. The molecule has 2 N–H and O–H groups in total. The van der Waals surface area contributed by atoms with Crippen molar-refractivity contribution in [2.75, 3.05) is 57.8 Å². The normalized spacial score (nSPS) is 23.7. The lowest BCUT2D eigenvalue weighted by Gasteiger charge is -2.48. The van der Waals surface area contributed by atoms with Crippen LogP contribution < -0.4 is 10.6 Å². The Morgan fingerprint density at radius 1 is 1.34 bits per heavy atom. The molecule has 1 spiro atoms. The second-order valence-corrected chi connectivity index (χ2v) is 9.31. The number of allylic oxidation sites excluding steroid dienone is 1. The molecular formula is C24H36N6O2. The summed E-state index contributed by atoms with van der Waals surface area (Å²) >= 11 is 0. The summed E-state index contributed by atoms with van der Waals surface area (Å²) in [5, 5.41) is 0. The number of hydrogen-bond donors (Lipinski definition) is 1. The summed E-state index contributed by atoms with van der Waals surface area (Å²) in [6.45, 7) is 10.1. The Morgan fingerprint density at radius 2 is 2.09 bits per heavy atom. The van der Waals surface area contributed by atoms with E-state index in [1.807, 2.05) is 24.1 Å². The van der Waals surface area contributed by atoms with Crippen LogP contribution in [0.2, 0.25) is 0 Å². The van der Waals surface area contributed by atoms with E-state index in [4.69, 9.17) is 15.5 Å². The van der Waals surface area contributed by atoms with Gasteiger partial charge in [-0.3, -0.25) is 9.89 Å². The topological polar surface area (TPSA) is 87.3 Å². The molecule has 3 aliphatic rings. The quantitative estimate of drug-likeness (QED) is 0.708. The minimum Gasteiger partial charge on any atom is -0.450 e. The van der Waals surface area contributed by atoms with Crippen molar-refractivity contribution in [2.24, 2.45) is 16.1 Å². The minimum absolute atomic E-state index is 0.157. The van der Waals surface area contributed by atoms with E-state index in [-0.39, 0.29) is 6.09 Å². The Hall–Kier alpha value is -2.61. The molecule has 1 saturated carbocycles. The number of aromatic nitrogens is 1. The molecule has 1 atom stereocenters. The summed E-state index contributed by atoms with van der Waals surface area (Å²) < 4.78 is 5.15. The largest absolute Gasteiger partial charge is 0.450 e. The number of hydrogen-bond acceptors (Lipinski definition) is 7. The number of nitrogens with two attached hydrogens (primary N) is 1. The van der Waals surface area contributed by atoms with Crippen LogP contribution >= 0.6 is 0 Å². The lowest BCUT2D eigenvalue weighted by atomic mass is 9.78. The predicted octanol–water partition coefficient (Wildman–Crippen LogP) is 2.52. The van der Waals surface area contributed by atoms with Gasteiger partial charge in [-0.15, -0.1) is 0 Å². The van der Waals surface area contributed by atoms with Crippen LogP contribution in [-0.2, 0) is 4.74 Å². The SMILES string of the molecule is CCOC(=O)N1CC2(CC[C@@H](N3CCN(c4nccc(C)c4/C(C=NC)=C/N)CC3)C2)C1. The Balaban J connectivity index is 1.36. The highest BCUT2D eigenvalue weighted by molar-refractivity contribution is 6.12. The first-order chi connectivity index (χ1) is 15.5. The standard InChI is InChI=1S/C24H36N6O2/c1-4-32-23(31)30-16-24(17-30)7-5-20(13-24)28-9-11-29(12-10-28)22-21(18(2)6-8-27-22)19(14-25)15-26-3/h6,8,14-15,20H,4-5,7,9-13,16-17,25H2,1-3H3/b19-14+,26-15?/t20-/m1/s1. The number of amides is 1.